The van der Waals surface area contributed by atoms with E-state index in [1.807, 2.05) is 30.9 Å². The number of nitrogens with one attached hydrogen (secondary N) is 1. The molecule has 32 heavy (non-hydrogen) atoms. The summed E-state index contributed by atoms with van der Waals surface area (Å²) in [5, 5.41) is 0. The van der Waals surface area contributed by atoms with Crippen molar-refractivity contribution in [2.24, 2.45) is 0 Å². The van der Waals surface area contributed by atoms with Crippen molar-refractivity contribution in [3.8, 4) is 0 Å². The number of aryl methyl sites for hydroxylation is 2. The van der Waals surface area contributed by atoms with Crippen molar-refractivity contribution < 1.29 is 13.2 Å². The Balaban J connectivity index is 1.91. The smallest absolute Gasteiger partial charge is 0.232 e. The van der Waals surface area contributed by atoms with Crippen LogP contribution in [0, 0.1) is 20.8 Å². The number of amides is 1. The van der Waals surface area contributed by atoms with Crippen molar-refractivity contribution in [1.29, 1.82) is 0 Å². The zero-order valence-electron chi connectivity index (χ0n) is 19.1. The molecule has 1 saturated heterocycles. The maximum Gasteiger partial charge on any atom is 0.232 e. The molecule has 0 radical (unpaired) electrons. The quantitative estimate of drug-likeness (QED) is 0.587. The number of benzene rings is 2. The molecule has 0 aliphatic carbocycles. The lowest BCUT2D eigenvalue weighted by Gasteiger charge is -2.17. The highest BCUT2D eigenvalue weighted by atomic mass is 32.2. The minimum absolute atomic E-state index is 0.0130. The van der Waals surface area contributed by atoms with E-state index in [0.717, 1.165) is 41.0 Å². The van der Waals surface area contributed by atoms with Crippen LogP contribution in [0.15, 0.2) is 30.3 Å². The summed E-state index contributed by atoms with van der Waals surface area (Å²) in [6.07, 6.45) is 1.43. The number of carbonyl (C=O) groups is 1. The van der Waals surface area contributed by atoms with E-state index in [4.69, 9.17) is 4.98 Å². The minimum atomic E-state index is -3.47. The Kier molecular flexibility index (Phi) is 5.99. The number of hydrogen-bond acceptors (Lipinski definition) is 4. The summed E-state index contributed by atoms with van der Waals surface area (Å²) >= 11 is 0. The van der Waals surface area contributed by atoms with Gasteiger partial charge in [0.25, 0.3) is 0 Å². The SMILES string of the molecule is CCS(=O)(=O)Nc1c(C)c(C)cc2c1nc(CN1CCCC1=O)n2Cc1ccccc1C. The molecule has 1 fully saturated rings. The average Bonchev–Trinajstić information content (AvgIpc) is 3.31. The third-order valence-corrected chi connectivity index (χ3v) is 7.65. The second-order valence-corrected chi connectivity index (χ2v) is 10.5. The molecular weight excluding hydrogens is 424 g/mol. The van der Waals surface area contributed by atoms with E-state index in [9.17, 15) is 13.2 Å². The largest absolute Gasteiger partial charge is 0.335 e. The van der Waals surface area contributed by atoms with Crippen LogP contribution in [0.25, 0.3) is 11.0 Å². The molecule has 2 aromatic carbocycles. The predicted octanol–water partition coefficient (Wildman–Crippen LogP) is 3.89. The van der Waals surface area contributed by atoms with Crippen LogP contribution in [0.5, 0.6) is 0 Å². The summed E-state index contributed by atoms with van der Waals surface area (Å²) in [7, 11) is -3.47. The Hall–Kier alpha value is -2.87. The van der Waals surface area contributed by atoms with Gasteiger partial charge < -0.3 is 9.47 Å². The van der Waals surface area contributed by atoms with Crippen molar-refractivity contribution in [2.45, 2.75) is 53.6 Å². The maximum atomic E-state index is 12.4. The standard InChI is InChI=1S/C24H30N4O3S/c1-5-32(30,31)26-23-18(4)17(3)13-20-24(23)25-21(15-27-12-8-11-22(27)29)28(20)14-19-10-7-6-9-16(19)2/h6-7,9-10,13,26H,5,8,11-12,14-15H2,1-4H3. The molecule has 0 atom stereocenters. The molecule has 1 N–H and O–H groups in total. The fourth-order valence-corrected chi connectivity index (χ4v) is 4.89. The number of sulfonamides is 1. The van der Waals surface area contributed by atoms with Crippen LogP contribution in [0.3, 0.4) is 0 Å². The number of anilines is 1. The van der Waals surface area contributed by atoms with Crippen molar-refractivity contribution in [3.63, 3.8) is 0 Å². The van der Waals surface area contributed by atoms with E-state index < -0.39 is 10.0 Å². The summed E-state index contributed by atoms with van der Waals surface area (Å²) in [4.78, 5) is 19.1. The monoisotopic (exact) mass is 454 g/mol. The number of hydrogen-bond donors (Lipinski definition) is 1. The lowest BCUT2D eigenvalue weighted by Crippen LogP contribution is -2.26. The Morgan fingerprint density at radius 1 is 1.09 bits per heavy atom. The molecule has 7 nitrogen and oxygen atoms in total. The predicted molar refractivity (Wildman–Crippen MR) is 127 cm³/mol. The van der Waals surface area contributed by atoms with Gasteiger partial charge in [-0.05, 0) is 62.4 Å². The number of nitrogens with zero attached hydrogens (tertiary/aromatic N) is 3. The number of rotatable bonds is 7. The lowest BCUT2D eigenvalue weighted by atomic mass is 10.1. The lowest BCUT2D eigenvalue weighted by molar-refractivity contribution is -0.128. The number of likely N-dealkylation sites (tertiary alicyclic amines) is 1. The molecule has 1 aliphatic rings. The first-order chi connectivity index (χ1) is 15.2. The van der Waals surface area contributed by atoms with Crippen molar-refractivity contribution in [2.75, 3.05) is 17.0 Å². The third-order valence-electron chi connectivity index (χ3n) is 6.37. The summed E-state index contributed by atoms with van der Waals surface area (Å²) in [5.74, 6) is 0.889. The molecular formula is C24H30N4O3S. The van der Waals surface area contributed by atoms with Gasteiger partial charge in [0.15, 0.2) is 0 Å². The molecule has 170 valence electrons. The zero-order valence-corrected chi connectivity index (χ0v) is 19.9. The van der Waals surface area contributed by atoms with Crippen LogP contribution < -0.4 is 4.72 Å². The highest BCUT2D eigenvalue weighted by Crippen LogP contribution is 2.32. The van der Waals surface area contributed by atoms with E-state index in [0.29, 0.717) is 30.7 Å². The van der Waals surface area contributed by atoms with Gasteiger partial charge in [0.05, 0.1) is 23.5 Å². The zero-order chi connectivity index (χ0) is 23.0. The van der Waals surface area contributed by atoms with Crippen LogP contribution in [-0.2, 0) is 27.9 Å². The molecule has 0 saturated carbocycles. The first kappa shape index (κ1) is 22.3. The molecule has 1 aliphatic heterocycles. The highest BCUT2D eigenvalue weighted by molar-refractivity contribution is 7.92. The molecule has 2 heterocycles. The van der Waals surface area contributed by atoms with E-state index in [-0.39, 0.29) is 11.7 Å². The van der Waals surface area contributed by atoms with Gasteiger partial charge in [0.1, 0.15) is 11.3 Å². The van der Waals surface area contributed by atoms with Crippen LogP contribution in [0.2, 0.25) is 0 Å². The Labute approximate surface area is 189 Å². The number of aromatic nitrogens is 2. The molecule has 3 aromatic rings. The van der Waals surface area contributed by atoms with Crippen molar-refractivity contribution in [1.82, 2.24) is 14.5 Å². The van der Waals surface area contributed by atoms with Gasteiger partial charge >= 0.3 is 0 Å². The Morgan fingerprint density at radius 3 is 2.50 bits per heavy atom. The fourth-order valence-electron chi connectivity index (χ4n) is 4.18. The van der Waals surface area contributed by atoms with Crippen molar-refractivity contribution in [3.05, 3.63) is 58.4 Å². The van der Waals surface area contributed by atoms with Crippen LogP contribution >= 0.6 is 0 Å². The van der Waals surface area contributed by atoms with Gasteiger partial charge in [0, 0.05) is 19.5 Å². The summed E-state index contributed by atoms with van der Waals surface area (Å²) < 4.78 is 29.7. The van der Waals surface area contributed by atoms with E-state index in [1.54, 1.807) is 6.92 Å². The number of fused-ring (bicyclic) bond motifs is 1. The van der Waals surface area contributed by atoms with E-state index in [1.165, 1.54) is 5.56 Å². The topological polar surface area (TPSA) is 84.3 Å². The van der Waals surface area contributed by atoms with Crippen LogP contribution in [-0.4, -0.2) is 41.1 Å². The average molecular weight is 455 g/mol. The van der Waals surface area contributed by atoms with Crippen LogP contribution in [0.4, 0.5) is 5.69 Å². The Bertz CT molecular complexity index is 1290. The van der Waals surface area contributed by atoms with Gasteiger partial charge in [-0.2, -0.15) is 0 Å². The van der Waals surface area contributed by atoms with Gasteiger partial charge in [-0.3, -0.25) is 9.52 Å². The van der Waals surface area contributed by atoms with Gasteiger partial charge in [-0.15, -0.1) is 0 Å². The van der Waals surface area contributed by atoms with E-state index >= 15 is 0 Å². The van der Waals surface area contributed by atoms with Gasteiger partial charge in [-0.25, -0.2) is 13.4 Å². The summed E-state index contributed by atoms with van der Waals surface area (Å²) in [6, 6.07) is 10.3. The first-order valence-electron chi connectivity index (χ1n) is 11.0. The summed E-state index contributed by atoms with van der Waals surface area (Å²) in [5.41, 5.74) is 6.20. The molecule has 0 unspecified atom stereocenters. The second-order valence-electron chi connectivity index (χ2n) is 8.53. The van der Waals surface area contributed by atoms with Crippen LogP contribution in [0.1, 0.15) is 47.8 Å². The third kappa shape index (κ3) is 4.24. The number of carbonyl (C=O) groups excluding carboxylic acids is 1. The number of imidazole rings is 1. The van der Waals surface area contributed by atoms with Gasteiger partial charge in [0.2, 0.25) is 15.9 Å². The second kappa shape index (κ2) is 8.58. The molecule has 1 aromatic heterocycles. The molecule has 8 heteroatoms. The van der Waals surface area contributed by atoms with Crippen molar-refractivity contribution >= 4 is 32.7 Å². The fraction of sp³-hybridized carbons (Fsp3) is 0.417. The molecule has 1 amide bonds. The van der Waals surface area contributed by atoms with E-state index in [2.05, 4.69) is 34.4 Å². The Morgan fingerprint density at radius 2 is 1.84 bits per heavy atom. The molecule has 4 rings (SSSR count). The highest BCUT2D eigenvalue weighted by Gasteiger charge is 2.25. The normalized spacial score (nSPS) is 14.5. The summed E-state index contributed by atoms with van der Waals surface area (Å²) in [6.45, 7) is 9.32. The molecule has 0 spiro atoms. The van der Waals surface area contributed by atoms with Gasteiger partial charge in [-0.1, -0.05) is 24.3 Å². The molecule has 0 bridgehead atoms. The first-order valence-corrected chi connectivity index (χ1v) is 12.7. The maximum absolute atomic E-state index is 12.4. The minimum Gasteiger partial charge on any atom is -0.335 e.